The van der Waals surface area contributed by atoms with Crippen LogP contribution in [0.2, 0.25) is 0 Å². The summed E-state index contributed by atoms with van der Waals surface area (Å²) in [4.78, 5) is 23.6. The number of nitrogens with zero attached hydrogens (tertiary/aromatic N) is 1. The van der Waals surface area contributed by atoms with Crippen LogP contribution in [-0.2, 0) is 14.8 Å². The summed E-state index contributed by atoms with van der Waals surface area (Å²) in [5.74, 6) is -1.78. The molecule has 1 aromatic carbocycles. The number of benzene rings is 1. The van der Waals surface area contributed by atoms with Gasteiger partial charge in [-0.2, -0.15) is 4.31 Å². The Morgan fingerprint density at radius 1 is 1.33 bits per heavy atom. The molecule has 0 aromatic heterocycles. The van der Waals surface area contributed by atoms with Crippen LogP contribution < -0.4 is 5.32 Å². The van der Waals surface area contributed by atoms with Crippen LogP contribution >= 0.6 is 0 Å². The monoisotopic (exact) mass is 356 g/mol. The van der Waals surface area contributed by atoms with Crippen LogP contribution in [0.25, 0.3) is 0 Å². The van der Waals surface area contributed by atoms with E-state index in [1.807, 2.05) is 0 Å². The van der Waals surface area contributed by atoms with Crippen molar-refractivity contribution in [1.29, 1.82) is 0 Å². The van der Waals surface area contributed by atoms with Crippen molar-refractivity contribution in [3.8, 4) is 0 Å². The molecule has 2 N–H and O–H groups in total. The Kier molecular flexibility index (Phi) is 6.13. The van der Waals surface area contributed by atoms with Crippen LogP contribution in [0.4, 0.5) is 0 Å². The summed E-state index contributed by atoms with van der Waals surface area (Å²) in [6, 6.07) is 5.33. The quantitative estimate of drug-likeness (QED) is 0.774. The number of carbonyl (C=O) groups excluding carboxylic acids is 1. The van der Waals surface area contributed by atoms with E-state index >= 15 is 0 Å². The van der Waals surface area contributed by atoms with Gasteiger partial charge in [0.15, 0.2) is 0 Å². The zero-order valence-corrected chi connectivity index (χ0v) is 15.3. The number of carboxylic acids is 1. The Morgan fingerprint density at radius 3 is 2.38 bits per heavy atom. The molecule has 0 saturated heterocycles. The molecule has 1 amide bonds. The lowest BCUT2D eigenvalue weighted by atomic mass is 9.98. The molecule has 1 unspecified atom stereocenters. The third-order valence-corrected chi connectivity index (χ3v) is 6.10. The Bertz CT molecular complexity index is 730. The predicted molar refractivity (Wildman–Crippen MR) is 90.3 cm³/mol. The second kappa shape index (κ2) is 7.31. The van der Waals surface area contributed by atoms with E-state index in [0.717, 1.165) is 0 Å². The number of nitrogens with one attached hydrogen (secondary N) is 1. The zero-order valence-electron chi connectivity index (χ0n) is 14.5. The number of aliphatic carboxylic acids is 1. The van der Waals surface area contributed by atoms with Gasteiger partial charge in [0.25, 0.3) is 5.91 Å². The summed E-state index contributed by atoms with van der Waals surface area (Å²) in [6.07, 6.45) is 0.197. The van der Waals surface area contributed by atoms with Crippen LogP contribution in [0.1, 0.15) is 44.5 Å². The van der Waals surface area contributed by atoms with E-state index in [0.29, 0.717) is 0 Å². The molecule has 24 heavy (non-hydrogen) atoms. The molecule has 0 heterocycles. The molecule has 1 rings (SSSR count). The van der Waals surface area contributed by atoms with E-state index in [1.165, 1.54) is 42.5 Å². The molecule has 1 aromatic rings. The van der Waals surface area contributed by atoms with Gasteiger partial charge < -0.3 is 10.4 Å². The maximum absolute atomic E-state index is 12.5. The first-order chi connectivity index (χ1) is 11.0. The van der Waals surface area contributed by atoms with Gasteiger partial charge in [0.05, 0.1) is 4.90 Å². The molecular formula is C16H24N2O5S. The van der Waals surface area contributed by atoms with Gasteiger partial charge in [-0.15, -0.1) is 0 Å². The van der Waals surface area contributed by atoms with Crippen molar-refractivity contribution in [3.63, 3.8) is 0 Å². The highest BCUT2D eigenvalue weighted by molar-refractivity contribution is 7.89. The first kappa shape index (κ1) is 20.1. The highest BCUT2D eigenvalue weighted by Crippen LogP contribution is 2.19. The topological polar surface area (TPSA) is 104 Å². The normalized spacial score (nSPS) is 14.5. The molecule has 0 fully saturated rings. The van der Waals surface area contributed by atoms with Crippen LogP contribution in [0, 0.1) is 0 Å². The number of rotatable bonds is 7. The Hall–Kier alpha value is -1.93. The van der Waals surface area contributed by atoms with Gasteiger partial charge in [-0.05, 0) is 45.4 Å². The minimum Gasteiger partial charge on any atom is -0.480 e. The number of carboxylic acid groups (broad SMARTS) is 1. The summed E-state index contributed by atoms with van der Waals surface area (Å²) >= 11 is 0. The molecule has 0 spiro atoms. The summed E-state index contributed by atoms with van der Waals surface area (Å²) < 4.78 is 26.2. The lowest BCUT2D eigenvalue weighted by Crippen LogP contribution is -2.51. The van der Waals surface area contributed by atoms with Crippen LogP contribution in [0.15, 0.2) is 29.2 Å². The number of hydrogen-bond donors (Lipinski definition) is 2. The summed E-state index contributed by atoms with van der Waals surface area (Å²) in [7, 11) is -2.26. The van der Waals surface area contributed by atoms with E-state index in [-0.39, 0.29) is 22.9 Å². The lowest BCUT2D eigenvalue weighted by molar-refractivity contribution is -0.143. The Labute approximate surface area is 142 Å². The van der Waals surface area contributed by atoms with Crippen molar-refractivity contribution in [2.24, 2.45) is 0 Å². The molecule has 0 aliphatic carbocycles. The molecule has 1 atom stereocenters. The molecule has 7 nitrogen and oxygen atoms in total. The first-order valence-electron chi connectivity index (χ1n) is 7.59. The summed E-state index contributed by atoms with van der Waals surface area (Å²) in [6.45, 7) is 6.54. The standard InChI is InChI=1S/C16H24N2O5S/c1-6-16(4,15(20)21)17-14(19)12-8-7-9-13(10-12)24(22,23)18(5)11(2)3/h7-11H,6H2,1-5H3,(H,17,19)(H,20,21). The van der Waals surface area contributed by atoms with Gasteiger partial charge in [-0.1, -0.05) is 13.0 Å². The SMILES string of the molecule is CCC(C)(NC(=O)c1cccc(S(=O)(=O)N(C)C(C)C)c1)C(=O)O. The predicted octanol–water partition coefficient (Wildman–Crippen LogP) is 1.70. The maximum Gasteiger partial charge on any atom is 0.329 e. The fraction of sp³-hybridized carbons (Fsp3) is 0.500. The van der Waals surface area contributed by atoms with Crippen molar-refractivity contribution >= 4 is 21.9 Å². The number of amides is 1. The third-order valence-electron chi connectivity index (χ3n) is 4.07. The average molecular weight is 356 g/mol. The van der Waals surface area contributed by atoms with Gasteiger partial charge >= 0.3 is 5.97 Å². The van der Waals surface area contributed by atoms with Crippen molar-refractivity contribution in [2.75, 3.05) is 7.05 Å². The second-order valence-electron chi connectivity index (χ2n) is 6.09. The average Bonchev–Trinajstić information content (AvgIpc) is 2.53. The van der Waals surface area contributed by atoms with E-state index in [1.54, 1.807) is 20.8 Å². The highest BCUT2D eigenvalue weighted by atomic mass is 32.2. The maximum atomic E-state index is 12.5. The smallest absolute Gasteiger partial charge is 0.329 e. The third kappa shape index (κ3) is 4.12. The summed E-state index contributed by atoms with van der Waals surface area (Å²) in [5.41, 5.74) is -1.32. The molecule has 0 bridgehead atoms. The van der Waals surface area contributed by atoms with Gasteiger partial charge in [-0.3, -0.25) is 4.79 Å². The molecule has 0 radical (unpaired) electrons. The van der Waals surface area contributed by atoms with E-state index in [4.69, 9.17) is 0 Å². The van der Waals surface area contributed by atoms with Gasteiger partial charge in [0.2, 0.25) is 10.0 Å². The minimum absolute atomic E-state index is 0.0140. The van der Waals surface area contributed by atoms with E-state index in [9.17, 15) is 23.1 Å². The molecule has 0 aliphatic heterocycles. The molecule has 8 heteroatoms. The molecular weight excluding hydrogens is 332 g/mol. The summed E-state index contributed by atoms with van der Waals surface area (Å²) in [5, 5.41) is 11.7. The number of hydrogen-bond acceptors (Lipinski definition) is 4. The fourth-order valence-corrected chi connectivity index (χ4v) is 3.27. The number of sulfonamides is 1. The first-order valence-corrected chi connectivity index (χ1v) is 9.03. The molecule has 134 valence electrons. The van der Waals surface area contributed by atoms with E-state index in [2.05, 4.69) is 5.32 Å². The zero-order chi connectivity index (χ0) is 18.7. The molecule has 0 saturated carbocycles. The molecule has 0 aliphatic rings. The number of carbonyl (C=O) groups is 2. The van der Waals surface area contributed by atoms with Gasteiger partial charge in [0, 0.05) is 18.7 Å². The van der Waals surface area contributed by atoms with Crippen molar-refractivity contribution in [3.05, 3.63) is 29.8 Å². The lowest BCUT2D eigenvalue weighted by Gasteiger charge is -2.25. The highest BCUT2D eigenvalue weighted by Gasteiger charge is 2.33. The minimum atomic E-state index is -3.72. The largest absolute Gasteiger partial charge is 0.480 e. The van der Waals surface area contributed by atoms with Gasteiger partial charge in [0.1, 0.15) is 5.54 Å². The van der Waals surface area contributed by atoms with Crippen molar-refractivity contribution in [1.82, 2.24) is 9.62 Å². The van der Waals surface area contributed by atoms with Crippen LogP contribution in [0.5, 0.6) is 0 Å². The van der Waals surface area contributed by atoms with Gasteiger partial charge in [-0.25, -0.2) is 13.2 Å². The van der Waals surface area contributed by atoms with E-state index < -0.39 is 27.4 Å². The Morgan fingerprint density at radius 2 is 1.92 bits per heavy atom. The van der Waals surface area contributed by atoms with Crippen molar-refractivity contribution < 1.29 is 23.1 Å². The second-order valence-corrected chi connectivity index (χ2v) is 8.09. The van der Waals surface area contributed by atoms with Crippen LogP contribution in [0.3, 0.4) is 0 Å². The Balaban J connectivity index is 3.18. The van der Waals surface area contributed by atoms with Crippen LogP contribution in [-0.4, -0.2) is 48.3 Å². The van der Waals surface area contributed by atoms with Crippen molar-refractivity contribution in [2.45, 2.75) is 50.6 Å². The fourth-order valence-electron chi connectivity index (χ4n) is 1.86.